The Labute approximate surface area is 246 Å². The van der Waals surface area contributed by atoms with Crippen molar-refractivity contribution < 1.29 is 23.5 Å². The second-order valence-electron chi connectivity index (χ2n) is 9.89. The topological polar surface area (TPSA) is 163 Å². The Morgan fingerprint density at radius 2 is 1.88 bits per heavy atom. The highest BCUT2D eigenvalue weighted by Gasteiger charge is 2.26. The summed E-state index contributed by atoms with van der Waals surface area (Å²) in [4.78, 5) is 45.5. The van der Waals surface area contributed by atoms with Crippen LogP contribution in [0.1, 0.15) is 43.2 Å². The number of nitrogens with one attached hydrogen (secondary N) is 5. The lowest BCUT2D eigenvalue weighted by Crippen LogP contribution is -2.29. The van der Waals surface area contributed by atoms with E-state index < -0.39 is 5.82 Å². The lowest BCUT2D eigenvalue weighted by Gasteiger charge is -2.10. The maximum atomic E-state index is 13.8. The van der Waals surface area contributed by atoms with Gasteiger partial charge in [-0.3, -0.25) is 14.4 Å². The first-order valence-electron chi connectivity index (χ1n) is 13.4. The highest BCUT2D eigenvalue weighted by atomic mass is 19.1. The van der Waals surface area contributed by atoms with Crippen molar-refractivity contribution in [3.05, 3.63) is 94.2 Å². The molecule has 11 nitrogen and oxygen atoms in total. The summed E-state index contributed by atoms with van der Waals surface area (Å²) in [6.07, 6.45) is 3.07. The number of aromatic amines is 1. The van der Waals surface area contributed by atoms with Gasteiger partial charge in [-0.25, -0.2) is 9.37 Å². The molecule has 0 fully saturated rings. The van der Waals surface area contributed by atoms with Crippen molar-refractivity contribution in [1.82, 2.24) is 15.3 Å². The lowest BCUT2D eigenvalue weighted by atomic mass is 10.0. The van der Waals surface area contributed by atoms with Crippen molar-refractivity contribution >= 4 is 52.3 Å². The van der Waals surface area contributed by atoms with E-state index >= 15 is 0 Å². The highest BCUT2D eigenvalue weighted by Crippen LogP contribution is 2.34. The van der Waals surface area contributed by atoms with Crippen LogP contribution in [0, 0.1) is 19.7 Å². The van der Waals surface area contributed by atoms with E-state index in [0.717, 1.165) is 0 Å². The molecule has 0 saturated carbocycles. The molecular formula is C31H30FN7O4. The van der Waals surface area contributed by atoms with Gasteiger partial charge in [-0.1, -0.05) is 0 Å². The van der Waals surface area contributed by atoms with Crippen molar-refractivity contribution in [3.63, 3.8) is 0 Å². The van der Waals surface area contributed by atoms with Gasteiger partial charge in [0.05, 0.1) is 35.2 Å². The van der Waals surface area contributed by atoms with Crippen molar-refractivity contribution in [2.75, 3.05) is 41.9 Å². The highest BCUT2D eigenvalue weighted by molar-refractivity contribution is 6.35. The number of benzene rings is 2. The summed E-state index contributed by atoms with van der Waals surface area (Å²) in [5.41, 5.74) is 10.8. The third-order valence-electron chi connectivity index (χ3n) is 7.01. The number of aryl methyl sites for hydroxylation is 1. The predicted octanol–water partition coefficient (Wildman–Crippen LogP) is 4.34. The van der Waals surface area contributed by atoms with E-state index in [-0.39, 0.29) is 17.7 Å². The summed E-state index contributed by atoms with van der Waals surface area (Å²) < 4.78 is 18.9. The number of fused-ring (bicyclic) bond motifs is 1. The number of methoxy groups -OCH3 is 1. The number of nitrogens with two attached hydrogens (primary N) is 1. The fraction of sp³-hybridized carbons (Fsp3) is 0.161. The number of carbonyl (C=O) groups is 3. The number of nitrogens with zero attached hydrogens (tertiary/aromatic N) is 1. The van der Waals surface area contributed by atoms with Gasteiger partial charge in [0.25, 0.3) is 17.7 Å². The van der Waals surface area contributed by atoms with E-state index in [1.807, 2.05) is 0 Å². The van der Waals surface area contributed by atoms with Crippen LogP contribution in [0.4, 0.5) is 27.3 Å². The normalized spacial score (nSPS) is 12.9. The van der Waals surface area contributed by atoms with Gasteiger partial charge in [0.2, 0.25) is 0 Å². The van der Waals surface area contributed by atoms with Crippen molar-refractivity contribution in [2.24, 2.45) is 0 Å². The molecule has 4 aromatic rings. The maximum absolute atomic E-state index is 13.8. The van der Waals surface area contributed by atoms with Crippen molar-refractivity contribution in [3.8, 4) is 5.75 Å². The number of H-pyrrole nitrogens is 1. The van der Waals surface area contributed by atoms with Gasteiger partial charge in [-0.15, -0.1) is 0 Å². The van der Waals surface area contributed by atoms with E-state index in [1.54, 1.807) is 50.3 Å². The summed E-state index contributed by atoms with van der Waals surface area (Å²) in [5.74, 6) is -0.304. The predicted molar refractivity (Wildman–Crippen MR) is 164 cm³/mol. The number of hydrogen-bond acceptors (Lipinski definition) is 7. The van der Waals surface area contributed by atoms with Gasteiger partial charge in [0.15, 0.2) is 0 Å². The number of nitrogen functional groups attached to an aromatic ring is 1. The summed E-state index contributed by atoms with van der Waals surface area (Å²) >= 11 is 0. The largest absolute Gasteiger partial charge is 0.497 e. The van der Waals surface area contributed by atoms with Gasteiger partial charge in [-0.2, -0.15) is 0 Å². The minimum absolute atomic E-state index is 0.280. The molecule has 3 amide bonds. The van der Waals surface area contributed by atoms with Crippen molar-refractivity contribution in [1.29, 1.82) is 0 Å². The first kappa shape index (κ1) is 28.9. The Morgan fingerprint density at radius 3 is 2.60 bits per heavy atom. The Morgan fingerprint density at radius 1 is 1.07 bits per heavy atom. The summed E-state index contributed by atoms with van der Waals surface area (Å²) in [7, 11) is 1.53. The average molecular weight is 584 g/mol. The van der Waals surface area contributed by atoms with E-state index in [4.69, 9.17) is 10.5 Å². The third kappa shape index (κ3) is 6.17. The zero-order valence-corrected chi connectivity index (χ0v) is 23.7. The van der Waals surface area contributed by atoms with Gasteiger partial charge in [-0.05, 0) is 68.0 Å². The maximum Gasteiger partial charge on any atom is 0.257 e. The molecule has 2 aromatic carbocycles. The summed E-state index contributed by atoms with van der Waals surface area (Å²) in [6.45, 7) is 4.24. The molecule has 0 spiro atoms. The van der Waals surface area contributed by atoms with Crippen LogP contribution >= 0.6 is 0 Å². The van der Waals surface area contributed by atoms with E-state index in [2.05, 4.69) is 31.2 Å². The molecule has 12 heteroatoms. The number of ether oxygens (including phenoxy) is 1. The molecule has 7 N–H and O–H groups in total. The van der Waals surface area contributed by atoms with Crippen LogP contribution in [0.3, 0.4) is 0 Å². The zero-order valence-electron chi connectivity index (χ0n) is 23.7. The number of rotatable bonds is 9. The van der Waals surface area contributed by atoms with Crippen LogP contribution in [0.2, 0.25) is 0 Å². The Balaban J connectivity index is 1.15. The number of aromatic nitrogens is 2. The molecule has 220 valence electrons. The molecular weight excluding hydrogens is 553 g/mol. The van der Waals surface area contributed by atoms with Crippen LogP contribution in [0.25, 0.3) is 11.6 Å². The van der Waals surface area contributed by atoms with Gasteiger partial charge >= 0.3 is 0 Å². The SMILES string of the molecule is COc1ccc(NC(=O)c2ccc(NCCNC(=O)c3c(C)[nH]c(C=C4C(=O)Nc5ccc(F)cc54)c3C)nc2)c(N)c1. The van der Waals surface area contributed by atoms with E-state index in [1.165, 1.54) is 31.5 Å². The molecule has 0 bridgehead atoms. The molecule has 0 unspecified atom stereocenters. The first-order valence-corrected chi connectivity index (χ1v) is 13.4. The monoisotopic (exact) mass is 583 g/mol. The second-order valence-corrected chi connectivity index (χ2v) is 9.89. The third-order valence-corrected chi connectivity index (χ3v) is 7.01. The average Bonchev–Trinajstić information content (AvgIpc) is 3.45. The van der Waals surface area contributed by atoms with E-state index in [9.17, 15) is 18.8 Å². The molecule has 1 aliphatic rings. The molecule has 3 heterocycles. The number of anilines is 4. The minimum Gasteiger partial charge on any atom is -0.497 e. The molecule has 5 rings (SSSR count). The number of halogens is 1. The quantitative estimate of drug-likeness (QED) is 0.0969. The van der Waals surface area contributed by atoms with Crippen LogP contribution < -0.4 is 31.7 Å². The smallest absolute Gasteiger partial charge is 0.257 e. The van der Waals surface area contributed by atoms with Crippen molar-refractivity contribution in [2.45, 2.75) is 13.8 Å². The Kier molecular flexibility index (Phi) is 8.10. The minimum atomic E-state index is -0.443. The standard InChI is InChI=1S/C31H30FN7O4/c1-16-26(14-22-21-12-19(32)5-7-24(21)38-30(22)41)37-17(2)28(16)31(42)35-11-10-34-27-9-4-18(15-36-27)29(40)39-25-8-6-20(43-3)13-23(25)33/h4-9,12-15,37H,10-11,33H2,1-3H3,(H,34,36)(H,35,42)(H,38,41)(H,39,40). The summed E-state index contributed by atoms with van der Waals surface area (Å²) in [5, 5.41) is 11.5. The number of amides is 3. The van der Waals surface area contributed by atoms with Crippen LogP contribution in [-0.4, -0.2) is 47.9 Å². The molecule has 0 atom stereocenters. The summed E-state index contributed by atoms with van der Waals surface area (Å²) in [6, 6.07) is 12.4. The van der Waals surface area contributed by atoms with Crippen LogP contribution in [-0.2, 0) is 4.79 Å². The molecule has 0 saturated heterocycles. The first-order chi connectivity index (χ1) is 20.6. The van der Waals surface area contributed by atoms with Gasteiger partial charge in [0.1, 0.15) is 17.4 Å². The zero-order chi connectivity index (χ0) is 30.7. The van der Waals surface area contributed by atoms with Crippen LogP contribution in [0.5, 0.6) is 5.75 Å². The molecule has 2 aromatic heterocycles. The lowest BCUT2D eigenvalue weighted by molar-refractivity contribution is -0.110. The van der Waals surface area contributed by atoms with E-state index in [0.29, 0.717) is 80.9 Å². The number of hydrogen-bond donors (Lipinski definition) is 6. The molecule has 1 aliphatic heterocycles. The Bertz CT molecular complexity index is 1760. The number of carbonyl (C=O) groups excluding carboxylic acids is 3. The fourth-order valence-electron chi connectivity index (χ4n) is 4.77. The Hall–Kier alpha value is -5.65. The van der Waals surface area contributed by atoms with Crippen LogP contribution in [0.15, 0.2) is 54.7 Å². The molecule has 0 radical (unpaired) electrons. The number of pyridine rings is 1. The van der Waals surface area contributed by atoms with Gasteiger partial charge < -0.3 is 36.7 Å². The molecule has 43 heavy (non-hydrogen) atoms. The van der Waals surface area contributed by atoms with Gasteiger partial charge in [0, 0.05) is 48.0 Å². The second kappa shape index (κ2) is 12.1. The molecule has 0 aliphatic carbocycles. The fourth-order valence-corrected chi connectivity index (χ4v) is 4.77.